The van der Waals surface area contributed by atoms with Crippen LogP contribution in [0.5, 0.6) is 5.06 Å². The number of rotatable bonds is 3. The largest absolute Gasteiger partial charge is 0.486 e. The molecule has 0 amide bonds. The van der Waals surface area contributed by atoms with E-state index in [2.05, 4.69) is 4.37 Å². The molecule has 2 aromatic rings. The number of carboxylic acid groups (broad SMARTS) is 1. The lowest BCUT2D eigenvalue weighted by Gasteiger charge is -2.00. The van der Waals surface area contributed by atoms with Crippen LogP contribution in [0, 0.1) is 0 Å². The number of methoxy groups -OCH3 is 1. The SMILES string of the molecule is COc1snc(-c2ccccc2)c1C(=O)O. The smallest absolute Gasteiger partial charge is 0.342 e. The highest BCUT2D eigenvalue weighted by Crippen LogP contribution is 2.33. The number of hydrogen-bond donors (Lipinski definition) is 1. The molecule has 0 unspecified atom stereocenters. The van der Waals surface area contributed by atoms with Crippen LogP contribution in [0.1, 0.15) is 10.4 Å². The van der Waals surface area contributed by atoms with Gasteiger partial charge in [-0.2, -0.15) is 4.37 Å². The van der Waals surface area contributed by atoms with E-state index in [1.165, 1.54) is 7.11 Å². The van der Waals surface area contributed by atoms with Crippen LogP contribution in [0.25, 0.3) is 11.3 Å². The summed E-state index contributed by atoms with van der Waals surface area (Å²) in [6, 6.07) is 9.19. The predicted octanol–water partition coefficient (Wildman–Crippen LogP) is 2.52. The molecule has 0 saturated heterocycles. The maximum absolute atomic E-state index is 11.1. The fourth-order valence-electron chi connectivity index (χ4n) is 1.40. The van der Waals surface area contributed by atoms with Gasteiger partial charge in [0.25, 0.3) is 0 Å². The lowest BCUT2D eigenvalue weighted by molar-refractivity contribution is 0.0695. The van der Waals surface area contributed by atoms with Gasteiger partial charge >= 0.3 is 5.97 Å². The molecule has 0 aliphatic rings. The molecule has 0 radical (unpaired) electrons. The Bertz CT molecular complexity index is 507. The van der Waals surface area contributed by atoms with Crippen molar-refractivity contribution in [3.8, 4) is 16.3 Å². The third-order valence-corrected chi connectivity index (χ3v) is 2.92. The molecule has 16 heavy (non-hydrogen) atoms. The lowest BCUT2D eigenvalue weighted by atomic mass is 10.1. The molecule has 5 heteroatoms. The number of hydrogen-bond acceptors (Lipinski definition) is 4. The summed E-state index contributed by atoms with van der Waals surface area (Å²) in [5.41, 5.74) is 1.35. The average Bonchev–Trinajstić information content (AvgIpc) is 2.73. The van der Waals surface area contributed by atoms with Gasteiger partial charge in [0.2, 0.25) is 5.06 Å². The molecule has 1 heterocycles. The van der Waals surface area contributed by atoms with Gasteiger partial charge in [0.05, 0.1) is 7.11 Å². The Morgan fingerprint density at radius 3 is 2.62 bits per heavy atom. The standard InChI is InChI=1S/C11H9NO3S/c1-15-11-8(10(13)14)9(12-16-11)7-5-3-2-4-6-7/h2-6H,1H3,(H,13,14). The maximum Gasteiger partial charge on any atom is 0.342 e. The summed E-state index contributed by atoms with van der Waals surface area (Å²) in [4.78, 5) is 11.1. The Kier molecular flexibility index (Phi) is 2.87. The molecule has 1 N–H and O–H groups in total. The first kappa shape index (κ1) is 10.6. The van der Waals surface area contributed by atoms with Gasteiger partial charge in [-0.15, -0.1) is 0 Å². The van der Waals surface area contributed by atoms with Crippen molar-refractivity contribution in [2.75, 3.05) is 7.11 Å². The third-order valence-electron chi connectivity index (χ3n) is 2.11. The monoisotopic (exact) mass is 235 g/mol. The maximum atomic E-state index is 11.1. The van der Waals surface area contributed by atoms with Gasteiger partial charge in [0, 0.05) is 17.1 Å². The van der Waals surface area contributed by atoms with E-state index in [-0.39, 0.29) is 5.56 Å². The van der Waals surface area contributed by atoms with Gasteiger partial charge in [0.1, 0.15) is 11.3 Å². The van der Waals surface area contributed by atoms with Gasteiger partial charge in [-0.3, -0.25) is 0 Å². The summed E-state index contributed by atoms with van der Waals surface area (Å²) in [5.74, 6) is -1.02. The van der Waals surface area contributed by atoms with Crippen LogP contribution in [0.2, 0.25) is 0 Å². The molecule has 2 rings (SSSR count). The highest BCUT2D eigenvalue weighted by atomic mass is 32.1. The van der Waals surface area contributed by atoms with Crippen LogP contribution in [-0.4, -0.2) is 22.6 Å². The summed E-state index contributed by atoms with van der Waals surface area (Å²) in [5, 5.41) is 9.44. The zero-order valence-electron chi connectivity index (χ0n) is 8.51. The first-order valence-corrected chi connectivity index (χ1v) is 5.33. The van der Waals surface area contributed by atoms with E-state index in [1.54, 1.807) is 0 Å². The number of carbonyl (C=O) groups is 1. The van der Waals surface area contributed by atoms with Crippen LogP contribution >= 0.6 is 11.5 Å². The topological polar surface area (TPSA) is 59.4 Å². The highest BCUT2D eigenvalue weighted by molar-refractivity contribution is 7.08. The Morgan fingerprint density at radius 2 is 2.06 bits per heavy atom. The van der Waals surface area contributed by atoms with Crippen molar-refractivity contribution in [2.45, 2.75) is 0 Å². The van der Waals surface area contributed by atoms with Crippen molar-refractivity contribution in [3.63, 3.8) is 0 Å². The van der Waals surface area contributed by atoms with E-state index in [9.17, 15) is 4.79 Å². The predicted molar refractivity (Wildman–Crippen MR) is 61.1 cm³/mol. The number of carboxylic acids is 1. The minimum atomic E-state index is -1.02. The summed E-state index contributed by atoms with van der Waals surface area (Å²) in [7, 11) is 1.44. The van der Waals surface area contributed by atoms with Crippen molar-refractivity contribution in [3.05, 3.63) is 35.9 Å². The normalized spacial score (nSPS) is 10.1. The number of benzene rings is 1. The number of aromatic carboxylic acids is 1. The minimum absolute atomic E-state index is 0.124. The second kappa shape index (κ2) is 4.32. The highest BCUT2D eigenvalue weighted by Gasteiger charge is 2.21. The van der Waals surface area contributed by atoms with Crippen molar-refractivity contribution < 1.29 is 14.6 Å². The van der Waals surface area contributed by atoms with Crippen LogP contribution in [0.15, 0.2) is 30.3 Å². The second-order valence-electron chi connectivity index (χ2n) is 3.07. The van der Waals surface area contributed by atoms with Crippen molar-refractivity contribution in [1.29, 1.82) is 0 Å². The van der Waals surface area contributed by atoms with Crippen LogP contribution < -0.4 is 4.74 Å². The van der Waals surface area contributed by atoms with Crippen LogP contribution in [0.3, 0.4) is 0 Å². The molecule has 1 aromatic heterocycles. The first-order valence-electron chi connectivity index (χ1n) is 4.56. The molecule has 4 nitrogen and oxygen atoms in total. The molecule has 0 bridgehead atoms. The minimum Gasteiger partial charge on any atom is -0.486 e. The average molecular weight is 235 g/mol. The fraction of sp³-hybridized carbons (Fsp3) is 0.0909. The molecule has 0 fully saturated rings. The van der Waals surface area contributed by atoms with Crippen molar-refractivity contribution in [2.24, 2.45) is 0 Å². The summed E-state index contributed by atoms with van der Waals surface area (Å²) in [6.07, 6.45) is 0. The van der Waals surface area contributed by atoms with E-state index in [1.807, 2.05) is 30.3 Å². The molecule has 0 aliphatic carbocycles. The Labute approximate surface area is 96.3 Å². The Morgan fingerprint density at radius 1 is 1.38 bits per heavy atom. The Balaban J connectivity index is 2.58. The van der Waals surface area contributed by atoms with Gasteiger partial charge < -0.3 is 9.84 Å². The van der Waals surface area contributed by atoms with E-state index in [4.69, 9.17) is 9.84 Å². The molecular formula is C11H9NO3S. The third kappa shape index (κ3) is 1.77. The molecule has 82 valence electrons. The lowest BCUT2D eigenvalue weighted by Crippen LogP contribution is -1.99. The number of ether oxygens (including phenoxy) is 1. The van der Waals surface area contributed by atoms with E-state index in [0.29, 0.717) is 10.8 Å². The fourth-order valence-corrected chi connectivity index (χ4v) is 2.12. The van der Waals surface area contributed by atoms with Gasteiger partial charge in [-0.05, 0) is 0 Å². The number of nitrogens with zero attached hydrogens (tertiary/aromatic N) is 1. The molecule has 0 atom stereocenters. The molecular weight excluding hydrogens is 226 g/mol. The van der Waals surface area contributed by atoms with Crippen molar-refractivity contribution >= 4 is 17.5 Å². The van der Waals surface area contributed by atoms with Crippen LogP contribution in [0.4, 0.5) is 0 Å². The molecule has 0 spiro atoms. The second-order valence-corrected chi connectivity index (χ2v) is 3.80. The Hall–Kier alpha value is -1.88. The summed E-state index contributed by atoms with van der Waals surface area (Å²) < 4.78 is 9.10. The van der Waals surface area contributed by atoms with Gasteiger partial charge in [-0.25, -0.2) is 4.79 Å². The molecule has 0 saturated carbocycles. The van der Waals surface area contributed by atoms with Gasteiger partial charge in [0.15, 0.2) is 0 Å². The summed E-state index contributed by atoms with van der Waals surface area (Å²) in [6.45, 7) is 0. The van der Waals surface area contributed by atoms with E-state index >= 15 is 0 Å². The number of aromatic nitrogens is 1. The zero-order valence-corrected chi connectivity index (χ0v) is 9.32. The van der Waals surface area contributed by atoms with Crippen LogP contribution in [-0.2, 0) is 0 Å². The van der Waals surface area contributed by atoms with Gasteiger partial charge in [-0.1, -0.05) is 30.3 Å². The summed E-state index contributed by atoms with van der Waals surface area (Å²) >= 11 is 1.05. The van der Waals surface area contributed by atoms with E-state index in [0.717, 1.165) is 17.1 Å². The molecule has 0 aliphatic heterocycles. The quantitative estimate of drug-likeness (QED) is 0.888. The first-order chi connectivity index (χ1) is 7.74. The van der Waals surface area contributed by atoms with Crippen molar-refractivity contribution in [1.82, 2.24) is 4.37 Å². The van der Waals surface area contributed by atoms with E-state index < -0.39 is 5.97 Å². The zero-order chi connectivity index (χ0) is 11.5. The molecule has 1 aromatic carbocycles.